The average Bonchev–Trinajstić information content (AvgIpc) is 2.41. The van der Waals surface area contributed by atoms with Crippen molar-refractivity contribution >= 4 is 57.6 Å². The Balaban J connectivity index is 0.00000361. The zero-order chi connectivity index (χ0) is 14.3. The van der Waals surface area contributed by atoms with Crippen molar-refractivity contribution in [2.24, 2.45) is 4.99 Å². The number of hydrogen-bond donors (Lipinski definition) is 2. The first-order chi connectivity index (χ1) is 8.96. The summed E-state index contributed by atoms with van der Waals surface area (Å²) in [6.07, 6.45) is 2.12. The summed E-state index contributed by atoms with van der Waals surface area (Å²) >= 11 is 5.28. The van der Waals surface area contributed by atoms with Gasteiger partial charge in [0.2, 0.25) is 0 Å². The predicted octanol–water partition coefficient (Wildman–Crippen LogP) is 3.87. The molecule has 0 saturated carbocycles. The fourth-order valence-electron chi connectivity index (χ4n) is 1.38. The van der Waals surface area contributed by atoms with Crippen molar-refractivity contribution in [3.05, 3.63) is 34.3 Å². The predicted molar refractivity (Wildman–Crippen MR) is 105 cm³/mol. The maximum atomic E-state index is 4.23. The summed E-state index contributed by atoms with van der Waals surface area (Å²) in [5, 5.41) is 6.67. The Morgan fingerprint density at radius 1 is 1.25 bits per heavy atom. The molecule has 0 aliphatic heterocycles. The quantitative estimate of drug-likeness (QED) is 0.388. The molecule has 0 spiro atoms. The minimum absolute atomic E-state index is 0. The van der Waals surface area contributed by atoms with E-state index >= 15 is 0 Å². The standard InChI is InChI=1S/C14H22BrN3S.HI/c1-14(2,19-4)10-18-13(16-3)17-9-11-5-7-12(15)8-6-11;/h5-8H,9-10H2,1-4H3,(H2,16,17,18);1H. The highest BCUT2D eigenvalue weighted by atomic mass is 127. The molecule has 114 valence electrons. The van der Waals surface area contributed by atoms with Crippen LogP contribution >= 0.6 is 51.7 Å². The molecule has 1 aromatic carbocycles. The number of benzene rings is 1. The Kier molecular flexibility index (Phi) is 9.92. The van der Waals surface area contributed by atoms with Gasteiger partial charge in [0, 0.05) is 29.4 Å². The topological polar surface area (TPSA) is 36.4 Å². The zero-order valence-corrected chi connectivity index (χ0v) is 17.1. The lowest BCUT2D eigenvalue weighted by atomic mass is 10.2. The molecule has 0 radical (unpaired) electrons. The van der Waals surface area contributed by atoms with Gasteiger partial charge in [-0.2, -0.15) is 11.8 Å². The molecule has 20 heavy (non-hydrogen) atoms. The van der Waals surface area contributed by atoms with E-state index in [9.17, 15) is 0 Å². The average molecular weight is 472 g/mol. The van der Waals surface area contributed by atoms with Gasteiger partial charge in [-0.05, 0) is 37.8 Å². The Labute approximate surface area is 151 Å². The lowest BCUT2D eigenvalue weighted by Gasteiger charge is -2.23. The van der Waals surface area contributed by atoms with Crippen molar-refractivity contribution in [3.63, 3.8) is 0 Å². The lowest BCUT2D eigenvalue weighted by Crippen LogP contribution is -2.42. The van der Waals surface area contributed by atoms with Crippen LogP contribution in [0.5, 0.6) is 0 Å². The number of nitrogens with zero attached hydrogens (tertiary/aromatic N) is 1. The summed E-state index contributed by atoms with van der Waals surface area (Å²) in [5.41, 5.74) is 1.23. The largest absolute Gasteiger partial charge is 0.355 e. The van der Waals surface area contributed by atoms with Crippen LogP contribution in [0.15, 0.2) is 33.7 Å². The van der Waals surface area contributed by atoms with E-state index < -0.39 is 0 Å². The SMILES string of the molecule is CN=C(NCc1ccc(Br)cc1)NCC(C)(C)SC.I. The maximum Gasteiger partial charge on any atom is 0.191 e. The first-order valence-electron chi connectivity index (χ1n) is 6.21. The van der Waals surface area contributed by atoms with E-state index in [-0.39, 0.29) is 28.7 Å². The monoisotopic (exact) mass is 471 g/mol. The summed E-state index contributed by atoms with van der Waals surface area (Å²) in [7, 11) is 1.79. The number of halogens is 2. The van der Waals surface area contributed by atoms with Crippen molar-refractivity contribution in [1.82, 2.24) is 10.6 Å². The van der Waals surface area contributed by atoms with E-state index in [2.05, 4.69) is 63.8 Å². The number of nitrogens with one attached hydrogen (secondary N) is 2. The van der Waals surface area contributed by atoms with Gasteiger partial charge >= 0.3 is 0 Å². The molecule has 0 fully saturated rings. The highest BCUT2D eigenvalue weighted by molar-refractivity contribution is 14.0. The molecule has 1 rings (SSSR count). The first kappa shape index (κ1) is 20.1. The highest BCUT2D eigenvalue weighted by Crippen LogP contribution is 2.19. The number of aliphatic imine (C=N–C) groups is 1. The molecule has 1 aromatic rings. The van der Waals surface area contributed by atoms with Crippen LogP contribution in [-0.2, 0) is 6.54 Å². The number of rotatable bonds is 5. The summed E-state index contributed by atoms with van der Waals surface area (Å²) in [4.78, 5) is 4.23. The summed E-state index contributed by atoms with van der Waals surface area (Å²) in [6.45, 7) is 6.08. The van der Waals surface area contributed by atoms with Crippen LogP contribution in [0.1, 0.15) is 19.4 Å². The van der Waals surface area contributed by atoms with Crippen molar-refractivity contribution in [3.8, 4) is 0 Å². The zero-order valence-electron chi connectivity index (χ0n) is 12.4. The first-order valence-corrected chi connectivity index (χ1v) is 8.23. The van der Waals surface area contributed by atoms with Gasteiger partial charge in [0.1, 0.15) is 0 Å². The van der Waals surface area contributed by atoms with Crippen LogP contribution in [-0.4, -0.2) is 30.6 Å². The summed E-state index contributed by atoms with van der Waals surface area (Å²) < 4.78 is 1.30. The molecule has 0 bridgehead atoms. The molecule has 0 heterocycles. The van der Waals surface area contributed by atoms with E-state index in [0.717, 1.165) is 23.5 Å². The molecular formula is C14H23BrIN3S. The van der Waals surface area contributed by atoms with Gasteiger partial charge in [-0.1, -0.05) is 28.1 Å². The smallest absolute Gasteiger partial charge is 0.191 e. The van der Waals surface area contributed by atoms with E-state index in [1.807, 2.05) is 23.9 Å². The Morgan fingerprint density at radius 3 is 2.35 bits per heavy atom. The van der Waals surface area contributed by atoms with Gasteiger partial charge in [0.05, 0.1) is 0 Å². The molecule has 0 aliphatic rings. The number of hydrogen-bond acceptors (Lipinski definition) is 2. The van der Waals surface area contributed by atoms with E-state index in [1.165, 1.54) is 5.56 Å². The second kappa shape index (κ2) is 9.89. The third-order valence-electron chi connectivity index (χ3n) is 2.83. The minimum atomic E-state index is 0. The van der Waals surface area contributed by atoms with Gasteiger partial charge in [-0.25, -0.2) is 0 Å². The molecule has 3 nitrogen and oxygen atoms in total. The van der Waals surface area contributed by atoms with Gasteiger partial charge in [0.15, 0.2) is 5.96 Å². The van der Waals surface area contributed by atoms with Gasteiger partial charge in [0.25, 0.3) is 0 Å². The second-order valence-corrected chi connectivity index (χ2v) is 7.30. The lowest BCUT2D eigenvalue weighted by molar-refractivity contribution is 0.664. The molecule has 6 heteroatoms. The third-order valence-corrected chi connectivity index (χ3v) is 4.61. The van der Waals surface area contributed by atoms with E-state index in [1.54, 1.807) is 7.05 Å². The second-order valence-electron chi connectivity index (χ2n) is 4.87. The molecule has 0 amide bonds. The highest BCUT2D eigenvalue weighted by Gasteiger charge is 2.15. The van der Waals surface area contributed by atoms with Crippen LogP contribution < -0.4 is 10.6 Å². The summed E-state index contributed by atoms with van der Waals surface area (Å²) in [5.74, 6) is 0.838. The molecule has 0 unspecified atom stereocenters. The Morgan fingerprint density at radius 2 is 1.85 bits per heavy atom. The fourth-order valence-corrected chi connectivity index (χ4v) is 1.86. The Bertz CT molecular complexity index is 421. The van der Waals surface area contributed by atoms with Crippen molar-refractivity contribution in [1.29, 1.82) is 0 Å². The van der Waals surface area contributed by atoms with Crippen molar-refractivity contribution in [2.45, 2.75) is 25.1 Å². The normalized spacial score (nSPS) is 11.8. The molecule has 0 aliphatic carbocycles. The van der Waals surface area contributed by atoms with Gasteiger partial charge < -0.3 is 10.6 Å². The van der Waals surface area contributed by atoms with Crippen LogP contribution in [0.2, 0.25) is 0 Å². The van der Waals surface area contributed by atoms with E-state index in [4.69, 9.17) is 0 Å². The van der Waals surface area contributed by atoms with Gasteiger partial charge in [-0.3, -0.25) is 4.99 Å². The number of thioether (sulfide) groups is 1. The van der Waals surface area contributed by atoms with E-state index in [0.29, 0.717) is 0 Å². The maximum absolute atomic E-state index is 4.23. The molecule has 0 atom stereocenters. The molecule has 0 saturated heterocycles. The Hall–Kier alpha value is 0.0500. The van der Waals surface area contributed by atoms with Crippen LogP contribution in [0.25, 0.3) is 0 Å². The molecule has 2 N–H and O–H groups in total. The van der Waals surface area contributed by atoms with Crippen LogP contribution in [0, 0.1) is 0 Å². The van der Waals surface area contributed by atoms with Crippen LogP contribution in [0.3, 0.4) is 0 Å². The number of guanidine groups is 1. The summed E-state index contributed by atoms with van der Waals surface area (Å²) in [6, 6.07) is 8.28. The fraction of sp³-hybridized carbons (Fsp3) is 0.500. The van der Waals surface area contributed by atoms with Crippen molar-refractivity contribution in [2.75, 3.05) is 19.8 Å². The minimum Gasteiger partial charge on any atom is -0.355 e. The molecule has 0 aromatic heterocycles. The van der Waals surface area contributed by atoms with Crippen molar-refractivity contribution < 1.29 is 0 Å². The third kappa shape index (κ3) is 7.73. The van der Waals surface area contributed by atoms with Gasteiger partial charge in [-0.15, -0.1) is 24.0 Å². The van der Waals surface area contributed by atoms with Crippen LogP contribution in [0.4, 0.5) is 0 Å². The molecular weight excluding hydrogens is 449 g/mol.